The normalized spacial score (nSPS) is 10.3. The van der Waals surface area contributed by atoms with Crippen molar-refractivity contribution in [1.29, 1.82) is 0 Å². The van der Waals surface area contributed by atoms with Crippen molar-refractivity contribution in [2.75, 3.05) is 13.7 Å². The highest BCUT2D eigenvalue weighted by atomic mass is 16.6. The number of ether oxygens (including phenoxy) is 2. The fourth-order valence-corrected chi connectivity index (χ4v) is 1.80. The van der Waals surface area contributed by atoms with Gasteiger partial charge in [-0.25, -0.2) is 0 Å². The van der Waals surface area contributed by atoms with Gasteiger partial charge in [0, 0.05) is 12.1 Å². The molecule has 0 aliphatic rings. The van der Waals surface area contributed by atoms with Gasteiger partial charge in [-0.2, -0.15) is 0 Å². The molecular weight excluding hydrogens is 276 g/mol. The first-order valence-corrected chi connectivity index (χ1v) is 6.76. The van der Waals surface area contributed by atoms with Crippen molar-refractivity contribution in [3.05, 3.63) is 28.3 Å². The number of non-ortho nitro benzene ring substituents is 1. The van der Waals surface area contributed by atoms with Crippen LogP contribution in [-0.2, 0) is 4.79 Å². The molecule has 1 rings (SSSR count). The summed E-state index contributed by atoms with van der Waals surface area (Å²) in [6.07, 6.45) is 1.67. The van der Waals surface area contributed by atoms with Crippen LogP contribution in [0, 0.1) is 10.1 Å². The molecule has 0 aliphatic heterocycles. The van der Waals surface area contributed by atoms with Crippen LogP contribution in [0.25, 0.3) is 0 Å². The molecule has 0 saturated carbocycles. The van der Waals surface area contributed by atoms with Gasteiger partial charge in [-0.05, 0) is 18.9 Å². The third kappa shape index (κ3) is 4.94. The number of carbonyl (C=O) groups is 1. The highest BCUT2D eigenvalue weighted by Gasteiger charge is 2.14. The predicted molar refractivity (Wildman–Crippen MR) is 77.7 cm³/mol. The van der Waals surface area contributed by atoms with E-state index in [1.54, 1.807) is 0 Å². The van der Waals surface area contributed by atoms with Crippen LogP contribution in [0.5, 0.6) is 11.5 Å². The second-order valence-corrected chi connectivity index (χ2v) is 4.46. The summed E-state index contributed by atoms with van der Waals surface area (Å²) in [4.78, 5) is 22.0. The first-order valence-electron chi connectivity index (χ1n) is 6.76. The van der Waals surface area contributed by atoms with E-state index >= 15 is 0 Å². The molecule has 7 nitrogen and oxygen atoms in total. The van der Waals surface area contributed by atoms with Crippen LogP contribution < -0.4 is 14.8 Å². The number of nitro groups is 1. The van der Waals surface area contributed by atoms with Crippen LogP contribution in [0.15, 0.2) is 18.2 Å². The lowest BCUT2D eigenvalue weighted by molar-refractivity contribution is -0.385. The summed E-state index contributed by atoms with van der Waals surface area (Å²) in [5.74, 6) is 0.250. The fraction of sp³-hybridized carbons (Fsp3) is 0.500. The number of carbonyl (C=O) groups excluding carboxylic acids is 1. The largest absolute Gasteiger partial charge is 0.493 e. The van der Waals surface area contributed by atoms with Gasteiger partial charge in [0.1, 0.15) is 0 Å². The van der Waals surface area contributed by atoms with E-state index in [1.165, 1.54) is 25.3 Å². The van der Waals surface area contributed by atoms with Gasteiger partial charge < -0.3 is 14.8 Å². The highest BCUT2D eigenvalue weighted by molar-refractivity contribution is 5.78. The van der Waals surface area contributed by atoms with Crippen LogP contribution in [0.3, 0.4) is 0 Å². The Labute approximate surface area is 123 Å². The molecule has 0 atom stereocenters. The van der Waals surface area contributed by atoms with E-state index in [1.807, 2.05) is 13.8 Å². The Morgan fingerprint density at radius 1 is 1.33 bits per heavy atom. The van der Waals surface area contributed by atoms with E-state index in [-0.39, 0.29) is 30.0 Å². The molecule has 0 aliphatic carbocycles. The van der Waals surface area contributed by atoms with Gasteiger partial charge in [-0.15, -0.1) is 0 Å². The smallest absolute Gasteiger partial charge is 0.273 e. The number of nitro benzene ring substituents is 1. The lowest BCUT2D eigenvalue weighted by atomic mass is 10.2. The Hall–Kier alpha value is -2.31. The minimum atomic E-state index is -0.531. The predicted octanol–water partition coefficient (Wildman–Crippen LogP) is 2.29. The number of benzene rings is 1. The lowest BCUT2D eigenvalue weighted by Crippen LogP contribution is -2.37. The highest BCUT2D eigenvalue weighted by Crippen LogP contribution is 2.30. The van der Waals surface area contributed by atoms with Crippen molar-refractivity contribution in [2.45, 2.75) is 32.7 Å². The maximum Gasteiger partial charge on any atom is 0.273 e. The Bertz CT molecular complexity index is 500. The summed E-state index contributed by atoms with van der Waals surface area (Å²) >= 11 is 0. The fourth-order valence-electron chi connectivity index (χ4n) is 1.80. The van der Waals surface area contributed by atoms with Crippen molar-refractivity contribution in [2.24, 2.45) is 0 Å². The SMILES string of the molecule is CCC(CC)NC(=O)COc1cc([N+](=O)[O-])ccc1OC. The van der Waals surface area contributed by atoms with Gasteiger partial charge in [-0.3, -0.25) is 14.9 Å². The Morgan fingerprint density at radius 2 is 2.00 bits per heavy atom. The first-order chi connectivity index (χ1) is 10.0. The molecule has 0 aromatic heterocycles. The molecule has 1 N–H and O–H groups in total. The van der Waals surface area contributed by atoms with E-state index in [4.69, 9.17) is 9.47 Å². The van der Waals surface area contributed by atoms with Crippen molar-refractivity contribution in [3.63, 3.8) is 0 Å². The summed E-state index contributed by atoms with van der Waals surface area (Å²) in [5.41, 5.74) is -0.119. The third-order valence-electron chi connectivity index (χ3n) is 3.07. The second kappa shape index (κ2) is 8.08. The number of hydrogen-bond donors (Lipinski definition) is 1. The van der Waals surface area contributed by atoms with Crippen molar-refractivity contribution >= 4 is 11.6 Å². The molecular formula is C14H20N2O5. The molecule has 1 aromatic rings. The van der Waals surface area contributed by atoms with Gasteiger partial charge in [-0.1, -0.05) is 13.8 Å². The van der Waals surface area contributed by atoms with Crippen LogP contribution in [0.2, 0.25) is 0 Å². The molecule has 0 radical (unpaired) electrons. The number of amides is 1. The van der Waals surface area contributed by atoms with Crippen LogP contribution >= 0.6 is 0 Å². The monoisotopic (exact) mass is 296 g/mol. The molecule has 116 valence electrons. The number of nitrogens with one attached hydrogen (secondary N) is 1. The number of nitrogens with zero attached hydrogens (tertiary/aromatic N) is 1. The zero-order valence-corrected chi connectivity index (χ0v) is 12.4. The first kappa shape index (κ1) is 16.7. The average Bonchev–Trinajstić information content (AvgIpc) is 2.50. The van der Waals surface area contributed by atoms with Crippen LogP contribution in [0.4, 0.5) is 5.69 Å². The number of hydrogen-bond acceptors (Lipinski definition) is 5. The minimum Gasteiger partial charge on any atom is -0.493 e. The van der Waals surface area contributed by atoms with Gasteiger partial charge in [0.25, 0.3) is 11.6 Å². The molecule has 0 saturated heterocycles. The summed E-state index contributed by atoms with van der Waals surface area (Å²) in [7, 11) is 1.43. The summed E-state index contributed by atoms with van der Waals surface area (Å²) < 4.78 is 10.4. The third-order valence-corrected chi connectivity index (χ3v) is 3.07. The number of methoxy groups -OCH3 is 1. The molecule has 1 aromatic carbocycles. The van der Waals surface area contributed by atoms with Gasteiger partial charge in [0.2, 0.25) is 0 Å². The molecule has 7 heteroatoms. The molecule has 0 fully saturated rings. The van der Waals surface area contributed by atoms with E-state index in [0.717, 1.165) is 12.8 Å². The summed E-state index contributed by atoms with van der Waals surface area (Å²) in [6, 6.07) is 4.10. The maximum absolute atomic E-state index is 11.8. The maximum atomic E-state index is 11.8. The molecule has 0 spiro atoms. The topological polar surface area (TPSA) is 90.7 Å². The standard InChI is InChI=1S/C14H20N2O5/c1-4-10(5-2)15-14(17)9-21-13-8-11(16(18)19)6-7-12(13)20-3/h6-8,10H,4-5,9H2,1-3H3,(H,15,17). The summed E-state index contributed by atoms with van der Waals surface area (Å²) in [6.45, 7) is 3.76. The van der Waals surface area contributed by atoms with Crippen molar-refractivity contribution in [1.82, 2.24) is 5.32 Å². The molecule has 1 amide bonds. The Morgan fingerprint density at radius 3 is 2.52 bits per heavy atom. The van der Waals surface area contributed by atoms with E-state index < -0.39 is 4.92 Å². The van der Waals surface area contributed by atoms with Gasteiger partial charge in [0.05, 0.1) is 18.1 Å². The molecule has 0 bridgehead atoms. The zero-order valence-electron chi connectivity index (χ0n) is 12.4. The summed E-state index contributed by atoms with van der Waals surface area (Å²) in [5, 5.41) is 13.6. The molecule has 0 unspecified atom stereocenters. The molecule has 0 heterocycles. The Balaban J connectivity index is 2.71. The van der Waals surface area contributed by atoms with Crippen molar-refractivity contribution in [3.8, 4) is 11.5 Å². The van der Waals surface area contributed by atoms with E-state index in [2.05, 4.69) is 5.32 Å². The van der Waals surface area contributed by atoms with E-state index in [0.29, 0.717) is 5.75 Å². The Kier molecular flexibility index (Phi) is 6.45. The number of rotatable bonds is 8. The zero-order chi connectivity index (χ0) is 15.8. The molecule has 21 heavy (non-hydrogen) atoms. The van der Waals surface area contributed by atoms with Crippen molar-refractivity contribution < 1.29 is 19.2 Å². The lowest BCUT2D eigenvalue weighted by Gasteiger charge is -2.15. The van der Waals surface area contributed by atoms with Gasteiger partial charge >= 0.3 is 0 Å². The van der Waals surface area contributed by atoms with Crippen LogP contribution in [0.1, 0.15) is 26.7 Å². The minimum absolute atomic E-state index is 0.105. The second-order valence-electron chi connectivity index (χ2n) is 4.46. The van der Waals surface area contributed by atoms with Crippen LogP contribution in [-0.4, -0.2) is 30.6 Å². The quantitative estimate of drug-likeness (QED) is 0.587. The average molecular weight is 296 g/mol. The van der Waals surface area contributed by atoms with Gasteiger partial charge in [0.15, 0.2) is 18.1 Å². The van der Waals surface area contributed by atoms with E-state index in [9.17, 15) is 14.9 Å².